The van der Waals surface area contributed by atoms with Gasteiger partial charge in [0.25, 0.3) is 0 Å². The number of carbonyl (C=O) groups is 1. The van der Waals surface area contributed by atoms with Crippen LogP contribution in [0.5, 0.6) is 0 Å². The maximum absolute atomic E-state index is 13.8. The number of halogens is 2. The molecule has 5 nitrogen and oxygen atoms in total. The molecule has 1 saturated heterocycles. The normalized spacial score (nSPS) is 15.8. The summed E-state index contributed by atoms with van der Waals surface area (Å²) in [6.45, 7) is 4.56. The van der Waals surface area contributed by atoms with Gasteiger partial charge in [0, 0.05) is 50.0 Å². The standard InChI is InChI=1S/C19H22F2N4O/c1-14(16-6-5-15(20)12-17(16)21)23-13-19(26)25-10-8-24(9-11-25)18-4-2-3-7-22-18/h2-7,12,14,23H,8-11,13H2,1H3/t14-/m0/s1. The molecule has 1 amide bonds. The van der Waals surface area contributed by atoms with Crippen LogP contribution in [0.2, 0.25) is 0 Å². The van der Waals surface area contributed by atoms with Gasteiger partial charge in [0.1, 0.15) is 17.5 Å². The van der Waals surface area contributed by atoms with Crippen molar-refractivity contribution < 1.29 is 13.6 Å². The minimum absolute atomic E-state index is 0.0277. The second-order valence-corrected chi connectivity index (χ2v) is 6.32. The highest BCUT2D eigenvalue weighted by atomic mass is 19.1. The van der Waals surface area contributed by atoms with E-state index in [0.29, 0.717) is 18.7 Å². The van der Waals surface area contributed by atoms with Gasteiger partial charge in [-0.05, 0) is 25.1 Å². The molecule has 0 aliphatic carbocycles. The van der Waals surface area contributed by atoms with Gasteiger partial charge in [-0.1, -0.05) is 12.1 Å². The van der Waals surface area contributed by atoms with E-state index >= 15 is 0 Å². The van der Waals surface area contributed by atoms with Crippen molar-refractivity contribution in [2.45, 2.75) is 13.0 Å². The van der Waals surface area contributed by atoms with Crippen LogP contribution in [0.3, 0.4) is 0 Å². The Morgan fingerprint density at radius 1 is 1.19 bits per heavy atom. The van der Waals surface area contributed by atoms with Crippen LogP contribution in [0, 0.1) is 11.6 Å². The first-order valence-electron chi connectivity index (χ1n) is 8.66. The van der Waals surface area contributed by atoms with Gasteiger partial charge in [0.05, 0.1) is 6.54 Å². The number of amides is 1. The average molecular weight is 360 g/mol. The molecule has 1 N–H and O–H groups in total. The fourth-order valence-corrected chi connectivity index (χ4v) is 3.04. The fourth-order valence-electron chi connectivity index (χ4n) is 3.04. The summed E-state index contributed by atoms with van der Waals surface area (Å²) in [5.41, 5.74) is 0.346. The van der Waals surface area contributed by atoms with Crippen LogP contribution in [-0.4, -0.2) is 48.5 Å². The highest BCUT2D eigenvalue weighted by Gasteiger charge is 2.22. The Morgan fingerprint density at radius 3 is 2.62 bits per heavy atom. The second-order valence-electron chi connectivity index (χ2n) is 6.32. The summed E-state index contributed by atoms with van der Waals surface area (Å²) in [4.78, 5) is 20.7. The topological polar surface area (TPSA) is 48.5 Å². The number of benzene rings is 1. The molecule has 3 rings (SSSR count). The molecule has 26 heavy (non-hydrogen) atoms. The van der Waals surface area contributed by atoms with Crippen molar-refractivity contribution in [2.75, 3.05) is 37.6 Å². The number of carbonyl (C=O) groups excluding carboxylic acids is 1. The van der Waals surface area contributed by atoms with Gasteiger partial charge in [-0.25, -0.2) is 13.8 Å². The quantitative estimate of drug-likeness (QED) is 0.889. The van der Waals surface area contributed by atoms with Crippen molar-refractivity contribution in [3.63, 3.8) is 0 Å². The molecule has 1 aliphatic heterocycles. The molecule has 138 valence electrons. The van der Waals surface area contributed by atoms with Crippen LogP contribution in [0.4, 0.5) is 14.6 Å². The summed E-state index contributed by atoms with van der Waals surface area (Å²) in [5, 5.41) is 3.02. The summed E-state index contributed by atoms with van der Waals surface area (Å²) in [7, 11) is 0. The molecule has 2 heterocycles. The SMILES string of the molecule is C[C@H](NCC(=O)N1CCN(c2ccccn2)CC1)c1ccc(F)cc1F. The maximum atomic E-state index is 13.8. The van der Waals surface area contributed by atoms with E-state index in [9.17, 15) is 13.6 Å². The Bertz CT molecular complexity index is 748. The molecular weight excluding hydrogens is 338 g/mol. The van der Waals surface area contributed by atoms with E-state index in [0.717, 1.165) is 25.0 Å². The largest absolute Gasteiger partial charge is 0.353 e. The lowest BCUT2D eigenvalue weighted by atomic mass is 10.1. The number of nitrogens with zero attached hydrogens (tertiary/aromatic N) is 3. The number of anilines is 1. The summed E-state index contributed by atoms with van der Waals surface area (Å²) in [6, 6.07) is 8.87. The predicted octanol–water partition coefficient (Wildman–Crippen LogP) is 2.36. The number of hydrogen-bond acceptors (Lipinski definition) is 4. The Labute approximate surface area is 151 Å². The molecular formula is C19H22F2N4O. The molecule has 1 aliphatic rings. The zero-order chi connectivity index (χ0) is 18.5. The first-order valence-corrected chi connectivity index (χ1v) is 8.66. The highest BCUT2D eigenvalue weighted by molar-refractivity contribution is 5.78. The number of aromatic nitrogens is 1. The van der Waals surface area contributed by atoms with Gasteiger partial charge in [0.15, 0.2) is 0 Å². The molecule has 1 atom stereocenters. The third-order valence-corrected chi connectivity index (χ3v) is 4.59. The number of piperazine rings is 1. The first-order chi connectivity index (χ1) is 12.5. The van der Waals surface area contributed by atoms with E-state index in [-0.39, 0.29) is 18.5 Å². The lowest BCUT2D eigenvalue weighted by Crippen LogP contribution is -2.51. The van der Waals surface area contributed by atoms with Gasteiger partial charge in [-0.3, -0.25) is 4.79 Å². The van der Waals surface area contributed by atoms with Crippen LogP contribution in [0.15, 0.2) is 42.6 Å². The van der Waals surface area contributed by atoms with Crippen LogP contribution >= 0.6 is 0 Å². The predicted molar refractivity (Wildman–Crippen MR) is 95.8 cm³/mol. The third kappa shape index (κ3) is 4.35. The summed E-state index contributed by atoms with van der Waals surface area (Å²) < 4.78 is 26.8. The Morgan fingerprint density at radius 2 is 1.96 bits per heavy atom. The van der Waals surface area contributed by atoms with E-state index in [2.05, 4.69) is 15.2 Å². The smallest absolute Gasteiger partial charge is 0.236 e. The van der Waals surface area contributed by atoms with E-state index < -0.39 is 11.6 Å². The van der Waals surface area contributed by atoms with Crippen molar-refractivity contribution in [3.8, 4) is 0 Å². The zero-order valence-electron chi connectivity index (χ0n) is 14.7. The van der Waals surface area contributed by atoms with Crippen molar-refractivity contribution in [1.29, 1.82) is 0 Å². The molecule has 0 radical (unpaired) electrons. The number of rotatable bonds is 5. The van der Waals surface area contributed by atoms with E-state index in [1.54, 1.807) is 18.0 Å². The molecule has 2 aromatic rings. The van der Waals surface area contributed by atoms with Gasteiger partial charge in [-0.15, -0.1) is 0 Å². The lowest BCUT2D eigenvalue weighted by molar-refractivity contribution is -0.130. The van der Waals surface area contributed by atoms with Crippen LogP contribution < -0.4 is 10.2 Å². The monoisotopic (exact) mass is 360 g/mol. The molecule has 1 aromatic carbocycles. The summed E-state index contributed by atoms with van der Waals surface area (Å²) in [6.07, 6.45) is 1.76. The Hall–Kier alpha value is -2.54. The van der Waals surface area contributed by atoms with Gasteiger partial charge < -0.3 is 15.1 Å². The van der Waals surface area contributed by atoms with Crippen molar-refractivity contribution in [3.05, 3.63) is 59.8 Å². The fraction of sp³-hybridized carbons (Fsp3) is 0.368. The van der Waals surface area contributed by atoms with Crippen molar-refractivity contribution in [2.24, 2.45) is 0 Å². The van der Waals surface area contributed by atoms with Gasteiger partial charge in [0.2, 0.25) is 5.91 Å². The number of pyridine rings is 1. The lowest BCUT2D eigenvalue weighted by Gasteiger charge is -2.35. The molecule has 1 fully saturated rings. The summed E-state index contributed by atoms with van der Waals surface area (Å²) in [5.74, 6) is -0.333. The van der Waals surface area contributed by atoms with Crippen LogP contribution in [0.25, 0.3) is 0 Å². The number of hydrogen-bond donors (Lipinski definition) is 1. The van der Waals surface area contributed by atoms with E-state index in [1.165, 1.54) is 12.1 Å². The Kier molecular flexibility index (Phi) is 5.78. The van der Waals surface area contributed by atoms with E-state index in [4.69, 9.17) is 0 Å². The van der Waals surface area contributed by atoms with Crippen molar-refractivity contribution >= 4 is 11.7 Å². The van der Waals surface area contributed by atoms with Crippen LogP contribution in [0.1, 0.15) is 18.5 Å². The molecule has 0 unspecified atom stereocenters. The zero-order valence-corrected chi connectivity index (χ0v) is 14.7. The molecule has 7 heteroatoms. The van der Waals surface area contributed by atoms with Gasteiger partial charge >= 0.3 is 0 Å². The van der Waals surface area contributed by atoms with Crippen LogP contribution in [-0.2, 0) is 4.79 Å². The first kappa shape index (κ1) is 18.3. The molecule has 0 saturated carbocycles. The number of nitrogens with one attached hydrogen (secondary N) is 1. The highest BCUT2D eigenvalue weighted by Crippen LogP contribution is 2.18. The average Bonchev–Trinajstić information content (AvgIpc) is 2.66. The van der Waals surface area contributed by atoms with Crippen molar-refractivity contribution in [1.82, 2.24) is 15.2 Å². The molecule has 0 spiro atoms. The third-order valence-electron chi connectivity index (χ3n) is 4.59. The van der Waals surface area contributed by atoms with E-state index in [1.807, 2.05) is 18.2 Å². The van der Waals surface area contributed by atoms with Gasteiger partial charge in [-0.2, -0.15) is 0 Å². The summed E-state index contributed by atoms with van der Waals surface area (Å²) >= 11 is 0. The minimum Gasteiger partial charge on any atom is -0.353 e. The minimum atomic E-state index is -0.611. The second kappa shape index (κ2) is 8.23. The molecule has 1 aromatic heterocycles. The Balaban J connectivity index is 1.48. The molecule has 0 bridgehead atoms. The maximum Gasteiger partial charge on any atom is 0.236 e.